The molecular formula is C13H13N3. The van der Waals surface area contributed by atoms with Gasteiger partial charge in [0.15, 0.2) is 0 Å². The highest BCUT2D eigenvalue weighted by atomic mass is 15.0. The molecule has 0 N–H and O–H groups in total. The summed E-state index contributed by atoms with van der Waals surface area (Å²) in [4.78, 5) is 4.36. The van der Waals surface area contributed by atoms with Gasteiger partial charge in [0.25, 0.3) is 0 Å². The van der Waals surface area contributed by atoms with Gasteiger partial charge in [0.2, 0.25) is 0 Å². The van der Waals surface area contributed by atoms with Crippen LogP contribution >= 0.6 is 0 Å². The van der Waals surface area contributed by atoms with Crippen molar-refractivity contribution in [1.29, 1.82) is 5.26 Å². The van der Waals surface area contributed by atoms with Crippen LogP contribution in [0.1, 0.15) is 24.8 Å². The van der Waals surface area contributed by atoms with Crippen LogP contribution in [-0.2, 0) is 12.5 Å². The normalized spacial score (nSPS) is 18.0. The molecule has 2 heterocycles. The second-order valence-electron chi connectivity index (χ2n) is 4.58. The van der Waals surface area contributed by atoms with Crippen molar-refractivity contribution < 1.29 is 0 Å². The molecule has 0 radical (unpaired) electrons. The van der Waals surface area contributed by atoms with Crippen LogP contribution in [0.5, 0.6) is 0 Å². The zero-order chi connectivity index (χ0) is 11.2. The quantitative estimate of drug-likeness (QED) is 0.727. The first-order valence-corrected chi connectivity index (χ1v) is 5.59. The van der Waals surface area contributed by atoms with Crippen LogP contribution in [0.2, 0.25) is 0 Å². The Kier molecular flexibility index (Phi) is 1.81. The first-order chi connectivity index (χ1) is 7.77. The number of fused-ring (bicyclic) bond motifs is 1. The summed E-state index contributed by atoms with van der Waals surface area (Å²) in [5, 5.41) is 10.5. The predicted molar refractivity (Wildman–Crippen MR) is 61.9 cm³/mol. The number of hydrogen-bond donors (Lipinski definition) is 0. The summed E-state index contributed by atoms with van der Waals surface area (Å²) in [5.41, 5.74) is 1.88. The lowest BCUT2D eigenvalue weighted by molar-refractivity contribution is 0.326. The minimum absolute atomic E-state index is 0.247. The Labute approximate surface area is 94.3 Å². The van der Waals surface area contributed by atoms with Gasteiger partial charge in [-0.25, -0.2) is 4.98 Å². The van der Waals surface area contributed by atoms with Crippen LogP contribution in [0, 0.1) is 11.3 Å². The Morgan fingerprint density at radius 1 is 1.50 bits per heavy atom. The largest absolute Gasteiger partial charge is 0.335 e. The second kappa shape index (κ2) is 3.08. The fourth-order valence-electron chi connectivity index (χ4n) is 2.57. The highest BCUT2D eigenvalue weighted by molar-refractivity contribution is 5.82. The number of nitriles is 1. The maximum Gasteiger partial charge on any atom is 0.139 e. The van der Waals surface area contributed by atoms with E-state index >= 15 is 0 Å². The van der Waals surface area contributed by atoms with Gasteiger partial charge >= 0.3 is 0 Å². The van der Waals surface area contributed by atoms with Crippen LogP contribution in [0.25, 0.3) is 11.0 Å². The van der Waals surface area contributed by atoms with Crippen molar-refractivity contribution >= 4 is 11.0 Å². The number of aryl methyl sites for hydroxylation is 1. The zero-order valence-electron chi connectivity index (χ0n) is 9.27. The number of aromatic nitrogens is 2. The molecule has 16 heavy (non-hydrogen) atoms. The maximum absolute atomic E-state index is 9.38. The van der Waals surface area contributed by atoms with E-state index in [4.69, 9.17) is 0 Å². The van der Waals surface area contributed by atoms with E-state index in [-0.39, 0.29) is 5.41 Å². The van der Waals surface area contributed by atoms with Gasteiger partial charge in [-0.15, -0.1) is 0 Å². The average molecular weight is 211 g/mol. The van der Waals surface area contributed by atoms with Crippen LogP contribution in [0.4, 0.5) is 0 Å². The molecule has 2 aromatic heterocycles. The molecule has 0 atom stereocenters. The van der Waals surface area contributed by atoms with E-state index < -0.39 is 0 Å². The van der Waals surface area contributed by atoms with Gasteiger partial charge < -0.3 is 4.57 Å². The minimum Gasteiger partial charge on any atom is -0.335 e. The van der Waals surface area contributed by atoms with Gasteiger partial charge in [-0.05, 0) is 37.0 Å². The fraction of sp³-hybridized carbons (Fsp3) is 0.385. The molecule has 3 heteroatoms. The van der Waals surface area contributed by atoms with Crippen molar-refractivity contribution in [2.75, 3.05) is 0 Å². The molecule has 0 saturated heterocycles. The van der Waals surface area contributed by atoms with E-state index in [9.17, 15) is 5.26 Å². The number of hydrogen-bond acceptors (Lipinski definition) is 2. The molecule has 0 amide bonds. The standard InChI is InChI=1S/C13H13N3/c1-16-8-11(13(9-14)5-3-6-13)10-4-2-7-15-12(10)16/h2,4,7-8H,3,5-6H2,1H3. The third-order valence-corrected chi connectivity index (χ3v) is 3.67. The van der Waals surface area contributed by atoms with E-state index in [1.807, 2.05) is 17.7 Å². The molecule has 3 nitrogen and oxygen atoms in total. The van der Waals surface area contributed by atoms with Gasteiger partial charge in [0.1, 0.15) is 5.65 Å². The first-order valence-electron chi connectivity index (χ1n) is 5.59. The Morgan fingerprint density at radius 2 is 2.31 bits per heavy atom. The molecule has 0 aliphatic heterocycles. The summed E-state index contributed by atoms with van der Waals surface area (Å²) < 4.78 is 2.02. The molecule has 0 spiro atoms. The van der Waals surface area contributed by atoms with Crippen molar-refractivity contribution in [3.8, 4) is 6.07 Å². The van der Waals surface area contributed by atoms with Gasteiger partial charge in [0, 0.05) is 24.8 Å². The van der Waals surface area contributed by atoms with E-state index in [1.54, 1.807) is 6.20 Å². The number of nitrogens with zero attached hydrogens (tertiary/aromatic N) is 3. The molecule has 80 valence electrons. The highest BCUT2D eigenvalue weighted by Gasteiger charge is 2.41. The molecule has 3 rings (SSSR count). The smallest absolute Gasteiger partial charge is 0.139 e. The fourth-order valence-corrected chi connectivity index (χ4v) is 2.57. The SMILES string of the molecule is Cn1cc(C2(C#N)CCC2)c2cccnc21. The average Bonchev–Trinajstić information content (AvgIpc) is 2.58. The van der Waals surface area contributed by atoms with E-state index in [2.05, 4.69) is 23.3 Å². The van der Waals surface area contributed by atoms with E-state index in [0.717, 1.165) is 35.9 Å². The lowest BCUT2D eigenvalue weighted by Crippen LogP contribution is -2.32. The number of rotatable bonds is 1. The molecule has 0 unspecified atom stereocenters. The Hall–Kier alpha value is -1.82. The van der Waals surface area contributed by atoms with Crippen LogP contribution in [-0.4, -0.2) is 9.55 Å². The van der Waals surface area contributed by atoms with Crippen LogP contribution < -0.4 is 0 Å². The topological polar surface area (TPSA) is 41.6 Å². The van der Waals surface area contributed by atoms with Crippen molar-refractivity contribution in [3.63, 3.8) is 0 Å². The zero-order valence-corrected chi connectivity index (χ0v) is 9.27. The van der Waals surface area contributed by atoms with Crippen molar-refractivity contribution in [2.45, 2.75) is 24.7 Å². The lowest BCUT2D eigenvalue weighted by atomic mass is 9.65. The molecule has 0 bridgehead atoms. The Bertz CT molecular complexity index is 585. The molecule has 1 aliphatic rings. The summed E-state index contributed by atoms with van der Waals surface area (Å²) in [6.45, 7) is 0. The summed E-state index contributed by atoms with van der Waals surface area (Å²) in [7, 11) is 1.99. The second-order valence-corrected chi connectivity index (χ2v) is 4.58. The molecule has 1 fully saturated rings. The van der Waals surface area contributed by atoms with Crippen molar-refractivity contribution in [1.82, 2.24) is 9.55 Å². The van der Waals surface area contributed by atoms with Gasteiger partial charge in [-0.2, -0.15) is 5.26 Å². The molecule has 1 aliphatic carbocycles. The van der Waals surface area contributed by atoms with E-state index in [0.29, 0.717) is 0 Å². The van der Waals surface area contributed by atoms with E-state index in [1.165, 1.54) is 0 Å². The molecular weight excluding hydrogens is 198 g/mol. The Balaban J connectivity index is 2.29. The van der Waals surface area contributed by atoms with Crippen molar-refractivity contribution in [3.05, 3.63) is 30.1 Å². The third-order valence-electron chi connectivity index (χ3n) is 3.67. The summed E-state index contributed by atoms with van der Waals surface area (Å²) >= 11 is 0. The number of pyridine rings is 1. The highest BCUT2D eigenvalue weighted by Crippen LogP contribution is 2.45. The lowest BCUT2D eigenvalue weighted by Gasteiger charge is -2.34. The summed E-state index contributed by atoms with van der Waals surface area (Å²) in [6.07, 6.45) is 6.99. The van der Waals surface area contributed by atoms with Gasteiger partial charge in [0.05, 0.1) is 11.5 Å². The molecule has 2 aromatic rings. The van der Waals surface area contributed by atoms with Gasteiger partial charge in [-0.3, -0.25) is 0 Å². The Morgan fingerprint density at radius 3 is 2.94 bits per heavy atom. The minimum atomic E-state index is -0.247. The van der Waals surface area contributed by atoms with Crippen molar-refractivity contribution in [2.24, 2.45) is 7.05 Å². The third kappa shape index (κ3) is 1.04. The molecule has 0 aromatic carbocycles. The predicted octanol–water partition coefficient (Wildman–Crippen LogP) is 2.52. The van der Waals surface area contributed by atoms with Crippen LogP contribution in [0.15, 0.2) is 24.5 Å². The summed E-state index contributed by atoms with van der Waals surface area (Å²) in [5.74, 6) is 0. The monoisotopic (exact) mass is 211 g/mol. The molecule has 1 saturated carbocycles. The first kappa shape index (κ1) is 9.41. The maximum atomic E-state index is 9.38. The van der Waals surface area contributed by atoms with Crippen LogP contribution in [0.3, 0.4) is 0 Å². The van der Waals surface area contributed by atoms with Gasteiger partial charge in [-0.1, -0.05) is 0 Å². The summed E-state index contributed by atoms with van der Waals surface area (Å²) in [6, 6.07) is 6.50.